The Morgan fingerprint density at radius 2 is 1.91 bits per heavy atom. The minimum atomic E-state index is -3.60. The third kappa shape index (κ3) is 5.88. The van der Waals surface area contributed by atoms with E-state index in [4.69, 9.17) is 9.47 Å². The molecule has 3 heterocycles. The maximum absolute atomic E-state index is 16.2. The SMILES string of the molecule is COC(=O)CCCCN1C(=O)[C@]2(O[C@H](CC(=O)N3Cc4ccccc4C[C@H]3CO)[C@@H]([Si](C)(C)F)[C@@H]2C)c2cc([N+](=O)[O-])ccc21. The Morgan fingerprint density at radius 3 is 2.56 bits per heavy atom. The molecule has 2 amide bonds. The molecule has 11 nitrogen and oxygen atoms in total. The van der Waals surface area contributed by atoms with Crippen LogP contribution >= 0.6 is 0 Å². The summed E-state index contributed by atoms with van der Waals surface area (Å²) in [6, 6.07) is 11.4. The van der Waals surface area contributed by atoms with E-state index in [0.717, 1.165) is 11.1 Å². The lowest BCUT2D eigenvalue weighted by atomic mass is 9.82. The number of benzene rings is 2. The first kappa shape index (κ1) is 32.7. The van der Waals surface area contributed by atoms with Gasteiger partial charge in [-0.3, -0.25) is 24.5 Å². The van der Waals surface area contributed by atoms with Crippen LogP contribution in [0.15, 0.2) is 42.5 Å². The number of nitro groups is 1. The molecule has 2 aromatic carbocycles. The molecule has 1 spiro atoms. The van der Waals surface area contributed by atoms with Crippen LogP contribution in [-0.4, -0.2) is 73.5 Å². The van der Waals surface area contributed by atoms with E-state index in [9.17, 15) is 29.6 Å². The van der Waals surface area contributed by atoms with Crippen LogP contribution in [0.2, 0.25) is 18.6 Å². The van der Waals surface area contributed by atoms with Gasteiger partial charge < -0.3 is 28.5 Å². The molecular weight excluding hydrogens is 601 g/mol. The number of methoxy groups -OCH3 is 1. The van der Waals surface area contributed by atoms with Gasteiger partial charge >= 0.3 is 5.97 Å². The summed E-state index contributed by atoms with van der Waals surface area (Å²) in [6.07, 6.45) is 0.399. The van der Waals surface area contributed by atoms with Gasteiger partial charge in [0.1, 0.15) is 0 Å². The van der Waals surface area contributed by atoms with Gasteiger partial charge in [0, 0.05) is 48.7 Å². The fraction of sp³-hybridized carbons (Fsp3) is 0.531. The number of halogens is 1. The molecule has 3 aliphatic heterocycles. The van der Waals surface area contributed by atoms with Gasteiger partial charge in [0.2, 0.25) is 14.3 Å². The van der Waals surface area contributed by atoms with Gasteiger partial charge in [0.25, 0.3) is 11.6 Å². The van der Waals surface area contributed by atoms with Crippen molar-refractivity contribution in [3.05, 3.63) is 69.3 Å². The third-order valence-electron chi connectivity index (χ3n) is 9.66. The standard InChI is InChI=1S/C32H40FN3O8Si/c1-20-30(45(3,4)33)27(17-28(38)35-18-22-10-6-5-9-21(22)15-24(35)19-37)44-32(20)25-16-23(36(41)42)12-13-26(25)34(31(32)40)14-8-7-11-29(39)43-2/h5-6,9-10,12-13,16,20,24,27,30,37H,7-8,11,14-15,17-19H2,1-4H3/t20-,24-,27+,30-,32+/m0/s1. The summed E-state index contributed by atoms with van der Waals surface area (Å²) in [5.74, 6) is -1.87. The van der Waals surface area contributed by atoms with Crippen LogP contribution in [0.3, 0.4) is 0 Å². The molecule has 0 unspecified atom stereocenters. The molecule has 5 atom stereocenters. The van der Waals surface area contributed by atoms with Crippen molar-refractivity contribution in [2.24, 2.45) is 5.92 Å². The highest BCUT2D eigenvalue weighted by Gasteiger charge is 2.67. The van der Waals surface area contributed by atoms with E-state index < -0.39 is 48.4 Å². The maximum Gasteiger partial charge on any atom is 0.305 e. The normalized spacial score (nSPS) is 25.8. The highest BCUT2D eigenvalue weighted by molar-refractivity contribution is 6.72. The summed E-state index contributed by atoms with van der Waals surface area (Å²) in [6.45, 7) is 5.06. The molecule has 0 aromatic heterocycles. The summed E-state index contributed by atoms with van der Waals surface area (Å²) >= 11 is 0. The molecule has 1 fully saturated rings. The number of aliphatic hydroxyl groups is 1. The molecule has 13 heteroatoms. The van der Waals surface area contributed by atoms with Crippen molar-refractivity contribution < 1.29 is 38.0 Å². The van der Waals surface area contributed by atoms with Gasteiger partial charge in [0.15, 0.2) is 5.60 Å². The number of carbonyl (C=O) groups is 3. The van der Waals surface area contributed by atoms with Crippen LogP contribution in [-0.2, 0) is 42.4 Å². The average Bonchev–Trinajstić information content (AvgIpc) is 3.43. The van der Waals surface area contributed by atoms with Gasteiger partial charge in [-0.05, 0) is 49.5 Å². The van der Waals surface area contributed by atoms with Gasteiger partial charge in [-0.15, -0.1) is 0 Å². The number of unbranched alkanes of at least 4 members (excludes halogenated alkanes) is 1. The second kappa shape index (κ2) is 12.6. The summed E-state index contributed by atoms with van der Waals surface area (Å²) in [4.78, 5) is 54.3. The van der Waals surface area contributed by atoms with Crippen LogP contribution in [0.25, 0.3) is 0 Å². The number of fused-ring (bicyclic) bond motifs is 3. The third-order valence-corrected chi connectivity index (χ3v) is 12.1. The van der Waals surface area contributed by atoms with Crippen LogP contribution in [0.1, 0.15) is 49.3 Å². The first-order valence-corrected chi connectivity index (χ1v) is 18.3. The van der Waals surface area contributed by atoms with Crippen molar-refractivity contribution in [3.8, 4) is 0 Å². The van der Waals surface area contributed by atoms with Crippen LogP contribution < -0.4 is 4.90 Å². The molecule has 0 aliphatic carbocycles. The zero-order chi connectivity index (χ0) is 32.7. The molecule has 0 saturated carbocycles. The Bertz CT molecular complexity index is 1500. The number of aliphatic hydroxyl groups excluding tert-OH is 1. The number of rotatable bonds is 10. The Labute approximate surface area is 262 Å². The highest BCUT2D eigenvalue weighted by atomic mass is 28.4. The monoisotopic (exact) mass is 641 g/mol. The van der Waals surface area contributed by atoms with E-state index in [1.165, 1.54) is 43.3 Å². The van der Waals surface area contributed by atoms with Gasteiger partial charge in [0.05, 0.1) is 42.9 Å². The number of anilines is 1. The Balaban J connectivity index is 1.48. The number of amides is 2. The van der Waals surface area contributed by atoms with E-state index in [-0.39, 0.29) is 43.6 Å². The van der Waals surface area contributed by atoms with Crippen LogP contribution in [0.4, 0.5) is 15.5 Å². The Morgan fingerprint density at radius 1 is 1.20 bits per heavy atom. The first-order valence-electron chi connectivity index (χ1n) is 15.3. The number of carbonyl (C=O) groups excluding carboxylic acids is 3. The second-order valence-electron chi connectivity index (χ2n) is 12.8. The molecule has 5 rings (SSSR count). The number of ether oxygens (including phenoxy) is 2. The maximum atomic E-state index is 16.2. The van der Waals surface area contributed by atoms with Crippen molar-refractivity contribution in [2.45, 2.75) is 82.0 Å². The zero-order valence-electron chi connectivity index (χ0n) is 26.0. The molecular formula is C32H40FN3O8Si. The molecule has 0 bridgehead atoms. The molecule has 1 saturated heterocycles. The molecule has 1 N–H and O–H groups in total. The lowest BCUT2D eigenvalue weighted by Crippen LogP contribution is -2.48. The summed E-state index contributed by atoms with van der Waals surface area (Å²) in [7, 11) is -2.30. The number of nitro benzene ring substituents is 1. The summed E-state index contributed by atoms with van der Waals surface area (Å²) in [5.41, 5.74) is 0.0337. The molecule has 45 heavy (non-hydrogen) atoms. The highest BCUT2D eigenvalue weighted by Crippen LogP contribution is 2.60. The number of non-ortho nitro benzene ring substituents is 1. The molecule has 3 aliphatic rings. The van der Waals surface area contributed by atoms with E-state index in [2.05, 4.69) is 0 Å². The number of hydrogen-bond donors (Lipinski definition) is 1. The van der Waals surface area contributed by atoms with Crippen LogP contribution in [0.5, 0.6) is 0 Å². The lowest BCUT2D eigenvalue weighted by Gasteiger charge is -2.37. The van der Waals surface area contributed by atoms with Gasteiger partial charge in [-0.2, -0.15) is 0 Å². The smallest absolute Gasteiger partial charge is 0.305 e. The fourth-order valence-corrected chi connectivity index (χ4v) is 10.0. The molecule has 2 aromatic rings. The minimum Gasteiger partial charge on any atom is -0.469 e. The second-order valence-corrected chi connectivity index (χ2v) is 16.5. The van der Waals surface area contributed by atoms with Gasteiger partial charge in [-0.1, -0.05) is 31.2 Å². The Kier molecular flexibility index (Phi) is 9.16. The average molecular weight is 642 g/mol. The summed E-state index contributed by atoms with van der Waals surface area (Å²) < 4.78 is 27.6. The van der Waals surface area contributed by atoms with Crippen molar-refractivity contribution in [1.82, 2.24) is 4.90 Å². The number of hydrogen-bond acceptors (Lipinski definition) is 8. The largest absolute Gasteiger partial charge is 0.469 e. The van der Waals surface area contributed by atoms with E-state index in [1.54, 1.807) is 11.8 Å². The topological polar surface area (TPSA) is 140 Å². The molecule has 0 radical (unpaired) electrons. The number of esters is 1. The molecule has 242 valence electrons. The van der Waals surface area contributed by atoms with Gasteiger partial charge in [-0.25, -0.2) is 0 Å². The predicted octanol–water partition coefficient (Wildman–Crippen LogP) is 4.40. The number of nitrogens with zero attached hydrogens (tertiary/aromatic N) is 3. The predicted molar refractivity (Wildman–Crippen MR) is 166 cm³/mol. The van der Waals surface area contributed by atoms with Crippen molar-refractivity contribution in [3.63, 3.8) is 0 Å². The van der Waals surface area contributed by atoms with E-state index in [0.29, 0.717) is 37.1 Å². The van der Waals surface area contributed by atoms with Crippen LogP contribution in [0, 0.1) is 16.0 Å². The first-order chi connectivity index (χ1) is 21.3. The van der Waals surface area contributed by atoms with E-state index in [1.807, 2.05) is 24.3 Å². The van der Waals surface area contributed by atoms with E-state index >= 15 is 4.11 Å². The lowest BCUT2D eigenvalue weighted by molar-refractivity contribution is -0.385. The Hall–Kier alpha value is -3.68. The zero-order valence-corrected chi connectivity index (χ0v) is 27.0. The van der Waals surface area contributed by atoms with Crippen molar-refractivity contribution in [2.75, 3.05) is 25.2 Å². The van der Waals surface area contributed by atoms with Crippen molar-refractivity contribution >= 4 is 37.6 Å². The fourth-order valence-electron chi connectivity index (χ4n) is 7.54. The summed E-state index contributed by atoms with van der Waals surface area (Å²) in [5, 5.41) is 22.0. The quantitative estimate of drug-likeness (QED) is 0.101. The van der Waals surface area contributed by atoms with Crippen molar-refractivity contribution in [1.29, 1.82) is 0 Å². The minimum absolute atomic E-state index is 0.174.